The smallest absolute Gasteiger partial charge is 0.00177 e. The quantitative estimate of drug-likeness (QED) is 0.657. The molecule has 0 aromatic heterocycles. The highest BCUT2D eigenvalue weighted by molar-refractivity contribution is 4.89. The Morgan fingerprint density at radius 1 is 1.27 bits per heavy atom. The number of rotatable bonds is 4. The van der Waals surface area contributed by atoms with Crippen LogP contribution in [0.15, 0.2) is 0 Å². The van der Waals surface area contributed by atoms with E-state index in [1.54, 1.807) is 0 Å². The highest BCUT2D eigenvalue weighted by Crippen LogP contribution is 2.32. The molecule has 0 atom stereocenters. The molecular weight excluding hydrogens is 134 g/mol. The topological polar surface area (TPSA) is 12.0 Å². The third kappa shape index (κ3) is 2.19. The average molecular weight is 155 g/mol. The van der Waals surface area contributed by atoms with Crippen LogP contribution in [0.5, 0.6) is 0 Å². The monoisotopic (exact) mass is 155 g/mol. The van der Waals surface area contributed by atoms with Crippen LogP contribution in [0.4, 0.5) is 0 Å². The lowest BCUT2D eigenvalue weighted by molar-refractivity contribution is 0.143. The minimum Gasteiger partial charge on any atom is -0.316 e. The molecule has 0 aromatic carbocycles. The summed E-state index contributed by atoms with van der Waals surface area (Å²) in [5.41, 5.74) is 0.636. The predicted molar refractivity (Wildman–Crippen MR) is 49.7 cm³/mol. The molecule has 1 heterocycles. The summed E-state index contributed by atoms with van der Waals surface area (Å²) >= 11 is 0. The van der Waals surface area contributed by atoms with Crippen LogP contribution in [-0.2, 0) is 0 Å². The van der Waals surface area contributed by atoms with Crippen molar-refractivity contribution in [2.75, 3.05) is 13.1 Å². The second kappa shape index (κ2) is 3.57. The number of nitrogens with one attached hydrogen (secondary N) is 1. The highest BCUT2D eigenvalue weighted by atomic mass is 15.0. The Balaban J connectivity index is 2.27. The predicted octanol–water partition coefficient (Wildman–Crippen LogP) is 2.42. The lowest BCUT2D eigenvalue weighted by atomic mass is 9.75. The maximum absolute atomic E-state index is 3.36. The molecule has 0 aromatic rings. The molecule has 11 heavy (non-hydrogen) atoms. The van der Waals surface area contributed by atoms with E-state index in [0.717, 1.165) is 5.92 Å². The van der Waals surface area contributed by atoms with Gasteiger partial charge in [0.1, 0.15) is 0 Å². The van der Waals surface area contributed by atoms with Crippen LogP contribution in [0.3, 0.4) is 0 Å². The standard InChI is InChI=1S/C10H21N/c1-4-9(5-2)6-10(3)7-11-8-10/h9,11H,4-8H2,1-3H3. The fourth-order valence-electron chi connectivity index (χ4n) is 1.97. The Hall–Kier alpha value is -0.0400. The van der Waals surface area contributed by atoms with Crippen molar-refractivity contribution in [1.82, 2.24) is 5.32 Å². The van der Waals surface area contributed by atoms with Gasteiger partial charge in [0.05, 0.1) is 0 Å². The van der Waals surface area contributed by atoms with Gasteiger partial charge in [-0.15, -0.1) is 0 Å². The van der Waals surface area contributed by atoms with Gasteiger partial charge in [-0.3, -0.25) is 0 Å². The molecule has 66 valence electrons. The molecule has 1 aliphatic heterocycles. The molecule has 0 saturated carbocycles. The van der Waals surface area contributed by atoms with Crippen molar-refractivity contribution < 1.29 is 0 Å². The Bertz CT molecular complexity index is 112. The van der Waals surface area contributed by atoms with Crippen LogP contribution in [0, 0.1) is 11.3 Å². The minimum atomic E-state index is 0.636. The number of hydrogen-bond acceptors (Lipinski definition) is 1. The van der Waals surface area contributed by atoms with Crippen molar-refractivity contribution in [2.45, 2.75) is 40.0 Å². The van der Waals surface area contributed by atoms with Gasteiger partial charge in [0.25, 0.3) is 0 Å². The van der Waals surface area contributed by atoms with Gasteiger partial charge in [-0.25, -0.2) is 0 Å². The van der Waals surface area contributed by atoms with Gasteiger partial charge in [-0.2, -0.15) is 0 Å². The van der Waals surface area contributed by atoms with Gasteiger partial charge in [0, 0.05) is 13.1 Å². The molecule has 0 aliphatic carbocycles. The van der Waals surface area contributed by atoms with Gasteiger partial charge in [-0.05, 0) is 17.8 Å². The first-order valence-electron chi connectivity index (χ1n) is 4.91. The van der Waals surface area contributed by atoms with Crippen molar-refractivity contribution in [2.24, 2.45) is 11.3 Å². The summed E-state index contributed by atoms with van der Waals surface area (Å²) in [4.78, 5) is 0. The third-order valence-electron chi connectivity index (χ3n) is 3.04. The summed E-state index contributed by atoms with van der Waals surface area (Å²) in [7, 11) is 0. The molecular formula is C10H21N. The fourth-order valence-corrected chi connectivity index (χ4v) is 1.97. The minimum absolute atomic E-state index is 0.636. The second-order valence-electron chi connectivity index (χ2n) is 4.30. The van der Waals surface area contributed by atoms with E-state index in [9.17, 15) is 0 Å². The Labute approximate surface area is 70.6 Å². The lowest BCUT2D eigenvalue weighted by Crippen LogP contribution is -2.52. The zero-order valence-electron chi connectivity index (χ0n) is 8.11. The number of hydrogen-bond donors (Lipinski definition) is 1. The molecule has 1 fully saturated rings. The molecule has 1 N–H and O–H groups in total. The molecule has 0 bridgehead atoms. The SMILES string of the molecule is CCC(CC)CC1(C)CNC1. The van der Waals surface area contributed by atoms with Crippen LogP contribution in [0.2, 0.25) is 0 Å². The molecule has 0 radical (unpaired) electrons. The summed E-state index contributed by atoms with van der Waals surface area (Å²) in [5, 5.41) is 3.36. The van der Waals surface area contributed by atoms with Gasteiger partial charge in [0.2, 0.25) is 0 Å². The van der Waals surface area contributed by atoms with Gasteiger partial charge >= 0.3 is 0 Å². The molecule has 0 spiro atoms. The van der Waals surface area contributed by atoms with E-state index in [0.29, 0.717) is 5.41 Å². The molecule has 0 unspecified atom stereocenters. The van der Waals surface area contributed by atoms with Crippen LogP contribution < -0.4 is 5.32 Å². The van der Waals surface area contributed by atoms with E-state index in [1.807, 2.05) is 0 Å². The van der Waals surface area contributed by atoms with E-state index in [-0.39, 0.29) is 0 Å². The van der Waals surface area contributed by atoms with E-state index in [4.69, 9.17) is 0 Å². The fraction of sp³-hybridized carbons (Fsp3) is 1.00. The summed E-state index contributed by atoms with van der Waals surface area (Å²) in [6.07, 6.45) is 4.13. The zero-order chi connectivity index (χ0) is 8.32. The highest BCUT2D eigenvalue weighted by Gasteiger charge is 2.32. The Morgan fingerprint density at radius 2 is 1.82 bits per heavy atom. The summed E-state index contributed by atoms with van der Waals surface area (Å²) in [5.74, 6) is 0.960. The molecule has 1 heteroatoms. The lowest BCUT2D eigenvalue weighted by Gasteiger charge is -2.41. The molecule has 1 saturated heterocycles. The van der Waals surface area contributed by atoms with Crippen LogP contribution >= 0.6 is 0 Å². The van der Waals surface area contributed by atoms with Crippen LogP contribution in [0.1, 0.15) is 40.0 Å². The average Bonchev–Trinajstić information content (AvgIpc) is 1.97. The van der Waals surface area contributed by atoms with Crippen molar-refractivity contribution >= 4 is 0 Å². The largest absolute Gasteiger partial charge is 0.316 e. The first-order valence-corrected chi connectivity index (χ1v) is 4.91. The molecule has 1 rings (SSSR count). The molecule has 1 aliphatic rings. The third-order valence-corrected chi connectivity index (χ3v) is 3.04. The van der Waals surface area contributed by atoms with E-state index < -0.39 is 0 Å². The summed E-state index contributed by atoms with van der Waals surface area (Å²) in [6, 6.07) is 0. The van der Waals surface area contributed by atoms with E-state index >= 15 is 0 Å². The first-order chi connectivity index (χ1) is 5.20. The van der Waals surface area contributed by atoms with Crippen LogP contribution in [-0.4, -0.2) is 13.1 Å². The molecule has 1 nitrogen and oxygen atoms in total. The van der Waals surface area contributed by atoms with Crippen LogP contribution in [0.25, 0.3) is 0 Å². The molecule has 0 amide bonds. The van der Waals surface area contributed by atoms with Crippen molar-refractivity contribution in [3.05, 3.63) is 0 Å². The van der Waals surface area contributed by atoms with Gasteiger partial charge in [0.15, 0.2) is 0 Å². The first kappa shape index (κ1) is 9.05. The Kier molecular flexibility index (Phi) is 2.94. The van der Waals surface area contributed by atoms with Crippen molar-refractivity contribution in [1.29, 1.82) is 0 Å². The zero-order valence-corrected chi connectivity index (χ0v) is 8.11. The normalized spacial score (nSPS) is 21.8. The second-order valence-corrected chi connectivity index (χ2v) is 4.30. The maximum atomic E-state index is 3.36. The van der Waals surface area contributed by atoms with E-state index in [1.165, 1.54) is 32.4 Å². The van der Waals surface area contributed by atoms with Crippen molar-refractivity contribution in [3.8, 4) is 0 Å². The maximum Gasteiger partial charge on any atom is 0.00177 e. The van der Waals surface area contributed by atoms with Crippen molar-refractivity contribution in [3.63, 3.8) is 0 Å². The summed E-state index contributed by atoms with van der Waals surface area (Å²) < 4.78 is 0. The van der Waals surface area contributed by atoms with Gasteiger partial charge in [-0.1, -0.05) is 33.6 Å². The Morgan fingerprint density at radius 3 is 2.09 bits per heavy atom. The summed E-state index contributed by atoms with van der Waals surface area (Å²) in [6.45, 7) is 9.50. The van der Waals surface area contributed by atoms with Gasteiger partial charge < -0.3 is 5.32 Å². The van der Waals surface area contributed by atoms with E-state index in [2.05, 4.69) is 26.1 Å².